The minimum Gasteiger partial charge on any atom is -0.342 e. The van der Waals surface area contributed by atoms with E-state index in [9.17, 15) is 9.59 Å². The largest absolute Gasteiger partial charge is 0.342 e. The van der Waals surface area contributed by atoms with Crippen molar-refractivity contribution < 1.29 is 4.79 Å². The Labute approximate surface area is 178 Å². The molecule has 3 aromatic rings. The van der Waals surface area contributed by atoms with E-state index in [2.05, 4.69) is 19.7 Å². The Balaban J connectivity index is 1.27. The van der Waals surface area contributed by atoms with E-state index >= 15 is 0 Å². The molecule has 0 N–H and O–H groups in total. The second-order valence-corrected chi connectivity index (χ2v) is 9.67. The quantitative estimate of drug-likeness (QED) is 0.626. The lowest BCUT2D eigenvalue weighted by Gasteiger charge is -2.32. The minimum absolute atomic E-state index is 0.0521. The van der Waals surface area contributed by atoms with E-state index in [1.54, 1.807) is 22.2 Å². The standard InChI is InChI=1S/C21H26N6O2S/c1-13-14(2)30-20-18(13)21(29)26(11-22-20)9-7-17(28)25-8-3-4-15(10-25)19-24-23-12-27(19)16-5-6-16/h11-12,15-16H,3-10H2,1-2H3. The summed E-state index contributed by atoms with van der Waals surface area (Å²) < 4.78 is 3.77. The molecule has 9 heteroatoms. The van der Waals surface area contributed by atoms with Crippen LogP contribution in [0.4, 0.5) is 0 Å². The first-order chi connectivity index (χ1) is 14.5. The predicted octanol–water partition coefficient (Wildman–Crippen LogP) is 2.80. The van der Waals surface area contributed by atoms with E-state index in [1.165, 1.54) is 12.8 Å². The molecular weight excluding hydrogens is 400 g/mol. The molecule has 0 radical (unpaired) electrons. The van der Waals surface area contributed by atoms with Gasteiger partial charge in [-0.05, 0) is 45.1 Å². The molecule has 8 nitrogen and oxygen atoms in total. The van der Waals surface area contributed by atoms with E-state index in [0.29, 0.717) is 30.9 Å². The van der Waals surface area contributed by atoms with Gasteiger partial charge in [-0.1, -0.05) is 0 Å². The van der Waals surface area contributed by atoms with E-state index in [0.717, 1.165) is 40.5 Å². The zero-order chi connectivity index (χ0) is 20.8. The van der Waals surface area contributed by atoms with Crippen molar-refractivity contribution in [1.29, 1.82) is 0 Å². The van der Waals surface area contributed by atoms with Crippen LogP contribution in [0.1, 0.15) is 60.3 Å². The highest BCUT2D eigenvalue weighted by atomic mass is 32.1. The van der Waals surface area contributed by atoms with Gasteiger partial charge in [-0.15, -0.1) is 21.5 Å². The molecule has 1 aliphatic heterocycles. The highest BCUT2D eigenvalue weighted by molar-refractivity contribution is 7.18. The van der Waals surface area contributed by atoms with Gasteiger partial charge in [-0.3, -0.25) is 14.2 Å². The lowest BCUT2D eigenvalue weighted by Crippen LogP contribution is -2.40. The van der Waals surface area contributed by atoms with Crippen LogP contribution < -0.4 is 5.56 Å². The van der Waals surface area contributed by atoms with Crippen molar-refractivity contribution in [1.82, 2.24) is 29.2 Å². The smallest absolute Gasteiger partial charge is 0.262 e. The number of fused-ring (bicyclic) bond motifs is 1. The topological polar surface area (TPSA) is 85.9 Å². The molecule has 1 aliphatic carbocycles. The van der Waals surface area contributed by atoms with Crippen molar-refractivity contribution in [2.24, 2.45) is 0 Å². The zero-order valence-corrected chi connectivity index (χ0v) is 18.2. The minimum atomic E-state index is -0.0521. The Morgan fingerprint density at radius 2 is 2.07 bits per heavy atom. The molecule has 30 heavy (non-hydrogen) atoms. The highest BCUT2D eigenvalue weighted by Gasteiger charge is 2.32. The van der Waals surface area contributed by atoms with Crippen LogP contribution in [0.25, 0.3) is 10.2 Å². The molecule has 0 aromatic carbocycles. The number of amides is 1. The van der Waals surface area contributed by atoms with Crippen molar-refractivity contribution in [2.45, 2.75) is 64.5 Å². The fourth-order valence-electron chi connectivity index (χ4n) is 4.40. The third-order valence-corrected chi connectivity index (χ3v) is 7.52. The van der Waals surface area contributed by atoms with Crippen molar-refractivity contribution in [3.05, 3.63) is 39.3 Å². The van der Waals surface area contributed by atoms with Gasteiger partial charge in [0.25, 0.3) is 5.56 Å². The van der Waals surface area contributed by atoms with Crippen LogP contribution in [0, 0.1) is 13.8 Å². The molecule has 3 aromatic heterocycles. The first-order valence-corrected chi connectivity index (χ1v) is 11.5. The SMILES string of the molecule is Cc1sc2ncn(CCC(=O)N3CCCC(c4nncn4C4CC4)C3)c(=O)c2c1C. The van der Waals surface area contributed by atoms with Gasteiger partial charge in [0.2, 0.25) is 5.91 Å². The normalized spacial score (nSPS) is 19.5. The molecule has 0 spiro atoms. The first kappa shape index (κ1) is 19.4. The maximum absolute atomic E-state index is 12.9. The summed E-state index contributed by atoms with van der Waals surface area (Å²) in [6.07, 6.45) is 8.09. The summed E-state index contributed by atoms with van der Waals surface area (Å²) in [5.41, 5.74) is 0.940. The fraction of sp³-hybridized carbons (Fsp3) is 0.571. The van der Waals surface area contributed by atoms with Gasteiger partial charge >= 0.3 is 0 Å². The van der Waals surface area contributed by atoms with E-state index in [4.69, 9.17) is 0 Å². The van der Waals surface area contributed by atoms with E-state index in [-0.39, 0.29) is 17.4 Å². The third kappa shape index (κ3) is 3.45. The Morgan fingerprint density at radius 3 is 2.87 bits per heavy atom. The molecule has 4 heterocycles. The molecule has 158 valence electrons. The zero-order valence-electron chi connectivity index (χ0n) is 17.4. The third-order valence-electron chi connectivity index (χ3n) is 6.40. The number of nitrogens with zero attached hydrogens (tertiary/aromatic N) is 6. The summed E-state index contributed by atoms with van der Waals surface area (Å²) in [6, 6.07) is 0.541. The average molecular weight is 427 g/mol. The number of carbonyl (C=O) groups excluding carboxylic acids is 1. The second kappa shape index (κ2) is 7.61. The van der Waals surface area contributed by atoms with Crippen LogP contribution in [-0.4, -0.2) is 48.2 Å². The predicted molar refractivity (Wildman–Crippen MR) is 115 cm³/mol. The van der Waals surface area contributed by atoms with E-state index in [1.807, 2.05) is 25.1 Å². The number of hydrogen-bond donors (Lipinski definition) is 0. The Kier molecular flexibility index (Phi) is 4.92. The number of rotatable bonds is 5. The Morgan fingerprint density at radius 1 is 1.23 bits per heavy atom. The van der Waals surface area contributed by atoms with Crippen LogP contribution in [0.2, 0.25) is 0 Å². The molecule has 1 unspecified atom stereocenters. The van der Waals surface area contributed by atoms with Crippen LogP contribution in [-0.2, 0) is 11.3 Å². The van der Waals surface area contributed by atoms with Gasteiger partial charge in [0, 0.05) is 42.9 Å². The summed E-state index contributed by atoms with van der Waals surface area (Å²) in [5.74, 6) is 1.34. The number of carbonyl (C=O) groups is 1. The molecule has 0 bridgehead atoms. The number of aryl methyl sites for hydroxylation is 3. The van der Waals surface area contributed by atoms with Crippen LogP contribution >= 0.6 is 11.3 Å². The number of piperidine rings is 1. The van der Waals surface area contributed by atoms with Gasteiger partial charge in [0.15, 0.2) is 0 Å². The van der Waals surface area contributed by atoms with Gasteiger partial charge < -0.3 is 9.47 Å². The van der Waals surface area contributed by atoms with Crippen LogP contribution in [0.15, 0.2) is 17.4 Å². The number of aromatic nitrogens is 5. The number of thiophene rings is 1. The molecule has 2 aliphatic rings. The Hall–Kier alpha value is -2.55. The summed E-state index contributed by atoms with van der Waals surface area (Å²) in [6.45, 7) is 5.77. The lowest BCUT2D eigenvalue weighted by atomic mass is 9.96. The van der Waals surface area contributed by atoms with Crippen molar-refractivity contribution in [2.75, 3.05) is 13.1 Å². The first-order valence-electron chi connectivity index (χ1n) is 10.6. The maximum atomic E-state index is 12.9. The fourth-order valence-corrected chi connectivity index (χ4v) is 5.38. The Bertz CT molecular complexity index is 1160. The summed E-state index contributed by atoms with van der Waals surface area (Å²) >= 11 is 1.54. The summed E-state index contributed by atoms with van der Waals surface area (Å²) in [7, 11) is 0. The highest BCUT2D eigenvalue weighted by Crippen LogP contribution is 2.38. The molecule has 2 fully saturated rings. The lowest BCUT2D eigenvalue weighted by molar-refractivity contribution is -0.132. The average Bonchev–Trinajstić information content (AvgIpc) is 3.40. The molecule has 5 rings (SSSR count). The van der Waals surface area contributed by atoms with E-state index < -0.39 is 0 Å². The van der Waals surface area contributed by atoms with Crippen molar-refractivity contribution in [3.63, 3.8) is 0 Å². The van der Waals surface area contributed by atoms with Gasteiger partial charge in [0.05, 0.1) is 11.7 Å². The molecule has 1 amide bonds. The van der Waals surface area contributed by atoms with Gasteiger partial charge in [0.1, 0.15) is 17.0 Å². The van der Waals surface area contributed by atoms with Crippen LogP contribution in [0.5, 0.6) is 0 Å². The summed E-state index contributed by atoms with van der Waals surface area (Å²) in [4.78, 5) is 34.0. The van der Waals surface area contributed by atoms with Crippen molar-refractivity contribution in [3.8, 4) is 0 Å². The monoisotopic (exact) mass is 426 g/mol. The summed E-state index contributed by atoms with van der Waals surface area (Å²) in [5, 5.41) is 9.16. The maximum Gasteiger partial charge on any atom is 0.262 e. The van der Waals surface area contributed by atoms with Gasteiger partial charge in [-0.25, -0.2) is 4.98 Å². The molecular formula is C21H26N6O2S. The second-order valence-electron chi connectivity index (χ2n) is 8.46. The molecule has 1 saturated carbocycles. The molecule has 1 saturated heterocycles. The van der Waals surface area contributed by atoms with Crippen LogP contribution in [0.3, 0.4) is 0 Å². The molecule has 1 atom stereocenters. The van der Waals surface area contributed by atoms with Crippen molar-refractivity contribution >= 4 is 27.5 Å². The number of likely N-dealkylation sites (tertiary alicyclic amines) is 1. The number of hydrogen-bond acceptors (Lipinski definition) is 6. The van der Waals surface area contributed by atoms with Gasteiger partial charge in [-0.2, -0.15) is 0 Å².